The lowest BCUT2D eigenvalue weighted by Crippen LogP contribution is -2.19. The van der Waals surface area contributed by atoms with Crippen molar-refractivity contribution in [1.29, 1.82) is 0 Å². The zero-order valence-electron chi connectivity index (χ0n) is 11.9. The Kier molecular flexibility index (Phi) is 3.84. The maximum atomic E-state index is 12.0. The molecule has 0 aliphatic heterocycles. The van der Waals surface area contributed by atoms with Crippen LogP contribution in [0.25, 0.3) is 10.9 Å². The third-order valence-electron chi connectivity index (χ3n) is 3.13. The van der Waals surface area contributed by atoms with E-state index in [1.54, 1.807) is 30.3 Å². The smallest absolute Gasteiger partial charge is 0.289 e. The van der Waals surface area contributed by atoms with Gasteiger partial charge in [0, 0.05) is 17.6 Å². The Morgan fingerprint density at radius 3 is 2.91 bits per heavy atom. The first-order valence-electron chi connectivity index (χ1n) is 6.74. The van der Waals surface area contributed by atoms with Crippen molar-refractivity contribution >= 4 is 23.0 Å². The summed E-state index contributed by atoms with van der Waals surface area (Å²) >= 11 is 0. The highest BCUT2D eigenvalue weighted by molar-refractivity contribution is 5.93. The first-order valence-corrected chi connectivity index (χ1v) is 6.74. The molecule has 23 heavy (non-hydrogen) atoms. The number of nitrogens with zero attached hydrogens (tertiary/aromatic N) is 2. The zero-order chi connectivity index (χ0) is 16.2. The molecule has 2 aromatic heterocycles. The van der Waals surface area contributed by atoms with Crippen LogP contribution >= 0.6 is 0 Å². The number of nitrogens with one attached hydrogen (secondary N) is 2. The summed E-state index contributed by atoms with van der Waals surface area (Å²) in [6.07, 6.45) is 2.79. The molecule has 0 spiro atoms. The number of hydrogen-bond acceptors (Lipinski definition) is 5. The monoisotopic (exact) mass is 308 g/mol. The van der Waals surface area contributed by atoms with E-state index >= 15 is 0 Å². The molecule has 114 valence electrons. The van der Waals surface area contributed by atoms with Crippen LogP contribution in [0.5, 0.6) is 5.75 Å². The lowest BCUT2D eigenvalue weighted by Gasteiger charge is -2.02. The molecule has 0 atom stereocenters. The van der Waals surface area contributed by atoms with E-state index in [1.165, 1.54) is 24.5 Å². The van der Waals surface area contributed by atoms with Gasteiger partial charge in [-0.3, -0.25) is 14.6 Å². The third kappa shape index (κ3) is 3.08. The first-order chi connectivity index (χ1) is 11.1. The van der Waals surface area contributed by atoms with Crippen molar-refractivity contribution in [3.05, 3.63) is 70.3 Å². The largest absolute Gasteiger partial charge is 0.506 e. The van der Waals surface area contributed by atoms with Gasteiger partial charge in [-0.2, -0.15) is 5.10 Å². The maximum absolute atomic E-state index is 12.0. The quantitative estimate of drug-likeness (QED) is 0.502. The number of aromatic amines is 1. The van der Waals surface area contributed by atoms with Crippen LogP contribution in [-0.2, 0) is 0 Å². The number of para-hydroxylation sites is 1. The second kappa shape index (κ2) is 6.10. The van der Waals surface area contributed by atoms with E-state index in [0.29, 0.717) is 16.6 Å². The van der Waals surface area contributed by atoms with E-state index in [4.69, 9.17) is 0 Å². The number of pyridine rings is 2. The van der Waals surface area contributed by atoms with Gasteiger partial charge >= 0.3 is 0 Å². The Balaban J connectivity index is 1.83. The predicted molar refractivity (Wildman–Crippen MR) is 85.5 cm³/mol. The molecule has 0 radical (unpaired) electrons. The highest BCUT2D eigenvalue weighted by Crippen LogP contribution is 2.19. The number of phenols is 1. The topological polar surface area (TPSA) is 107 Å². The standard InChI is InChI=1S/C16H12N4O3/c21-13-6-3-4-11-14(22)8-10(19-15(11)13)9-18-20-16(23)12-5-1-2-7-17-12/h1-9,21H,(H,19,22)(H,20,23)/b18-9+. The van der Waals surface area contributed by atoms with Crippen molar-refractivity contribution in [1.82, 2.24) is 15.4 Å². The van der Waals surface area contributed by atoms with Gasteiger partial charge in [-0.15, -0.1) is 0 Å². The number of benzene rings is 1. The molecule has 0 bridgehead atoms. The minimum absolute atomic E-state index is 0.0348. The third-order valence-corrected chi connectivity index (χ3v) is 3.13. The fourth-order valence-electron chi connectivity index (χ4n) is 2.06. The summed E-state index contributed by atoms with van der Waals surface area (Å²) in [4.78, 5) is 30.5. The summed E-state index contributed by atoms with van der Waals surface area (Å²) in [5, 5.41) is 13.9. The van der Waals surface area contributed by atoms with Crippen molar-refractivity contribution in [2.24, 2.45) is 5.10 Å². The van der Waals surface area contributed by atoms with Crippen LogP contribution in [0.4, 0.5) is 0 Å². The molecule has 0 aliphatic carbocycles. The molecule has 0 saturated heterocycles. The molecule has 1 amide bonds. The van der Waals surface area contributed by atoms with E-state index in [1.807, 2.05) is 0 Å². The zero-order valence-corrected chi connectivity index (χ0v) is 11.9. The number of aromatic hydroxyl groups is 1. The predicted octanol–water partition coefficient (Wildman–Crippen LogP) is 1.39. The van der Waals surface area contributed by atoms with Gasteiger partial charge in [-0.1, -0.05) is 12.1 Å². The SMILES string of the molecule is O=C(N/N=C/c1cc(=O)c2cccc(O)c2[nH]1)c1ccccn1. The van der Waals surface area contributed by atoms with E-state index in [2.05, 4.69) is 20.5 Å². The van der Waals surface area contributed by atoms with E-state index in [-0.39, 0.29) is 16.9 Å². The molecular formula is C16H12N4O3. The fourth-order valence-corrected chi connectivity index (χ4v) is 2.06. The van der Waals surface area contributed by atoms with Crippen molar-refractivity contribution in [2.75, 3.05) is 0 Å². The van der Waals surface area contributed by atoms with Gasteiger partial charge in [0.1, 0.15) is 11.4 Å². The summed E-state index contributed by atoms with van der Waals surface area (Å²) in [6, 6.07) is 11.0. The first kappa shape index (κ1) is 14.5. The van der Waals surface area contributed by atoms with E-state index < -0.39 is 5.91 Å². The molecule has 0 fully saturated rings. The van der Waals surface area contributed by atoms with Crippen LogP contribution in [0.15, 0.2) is 58.6 Å². The van der Waals surface area contributed by atoms with Crippen molar-refractivity contribution in [3.63, 3.8) is 0 Å². The van der Waals surface area contributed by atoms with Gasteiger partial charge in [-0.25, -0.2) is 5.43 Å². The molecular weight excluding hydrogens is 296 g/mol. The summed E-state index contributed by atoms with van der Waals surface area (Å²) in [5.41, 5.74) is 2.96. The summed E-state index contributed by atoms with van der Waals surface area (Å²) < 4.78 is 0. The molecule has 3 aromatic rings. The average Bonchev–Trinajstić information content (AvgIpc) is 2.57. The Hall–Kier alpha value is -3.48. The lowest BCUT2D eigenvalue weighted by molar-refractivity contribution is 0.0950. The number of fused-ring (bicyclic) bond motifs is 1. The molecule has 1 aromatic carbocycles. The molecule has 7 heteroatoms. The number of H-pyrrole nitrogens is 1. The molecule has 0 saturated carbocycles. The normalized spacial score (nSPS) is 11.0. The number of carbonyl (C=O) groups is 1. The van der Waals surface area contributed by atoms with Crippen molar-refractivity contribution in [3.8, 4) is 5.75 Å². The number of amides is 1. The van der Waals surface area contributed by atoms with Crippen molar-refractivity contribution < 1.29 is 9.90 Å². The highest BCUT2D eigenvalue weighted by Gasteiger charge is 2.06. The summed E-state index contributed by atoms with van der Waals surface area (Å²) in [5.74, 6) is -0.500. The Morgan fingerprint density at radius 2 is 2.13 bits per heavy atom. The van der Waals surface area contributed by atoms with Gasteiger partial charge in [0.05, 0.1) is 17.4 Å². The number of rotatable bonds is 3. The summed E-state index contributed by atoms with van der Waals surface area (Å²) in [6.45, 7) is 0. The van der Waals surface area contributed by atoms with Crippen molar-refractivity contribution in [2.45, 2.75) is 0 Å². The molecule has 3 N–H and O–H groups in total. The number of hydrogen-bond donors (Lipinski definition) is 3. The Bertz CT molecular complexity index is 948. The van der Waals surface area contributed by atoms with E-state index in [0.717, 1.165) is 0 Å². The fraction of sp³-hybridized carbons (Fsp3) is 0. The van der Waals surface area contributed by atoms with Crippen LogP contribution in [0.2, 0.25) is 0 Å². The Morgan fingerprint density at radius 1 is 1.26 bits per heavy atom. The number of phenolic OH excluding ortho intramolecular Hbond substituents is 1. The number of carbonyl (C=O) groups excluding carboxylic acids is 1. The Labute approximate surface area is 130 Å². The van der Waals surface area contributed by atoms with Crippen LogP contribution in [0, 0.1) is 0 Å². The van der Waals surface area contributed by atoms with Gasteiger partial charge < -0.3 is 10.1 Å². The van der Waals surface area contributed by atoms with E-state index in [9.17, 15) is 14.7 Å². The minimum atomic E-state index is -0.465. The van der Waals surface area contributed by atoms with Crippen LogP contribution < -0.4 is 10.9 Å². The molecule has 2 heterocycles. The average molecular weight is 308 g/mol. The van der Waals surface area contributed by atoms with Gasteiger partial charge in [0.2, 0.25) is 0 Å². The molecule has 7 nitrogen and oxygen atoms in total. The number of hydrazone groups is 1. The van der Waals surface area contributed by atoms with Crippen LogP contribution in [-0.4, -0.2) is 27.2 Å². The molecule has 0 aliphatic rings. The summed E-state index contributed by atoms with van der Waals surface area (Å²) in [7, 11) is 0. The second-order valence-electron chi connectivity index (χ2n) is 4.70. The molecule has 0 unspecified atom stereocenters. The maximum Gasteiger partial charge on any atom is 0.289 e. The minimum Gasteiger partial charge on any atom is -0.506 e. The number of aromatic nitrogens is 2. The molecule has 3 rings (SSSR count). The lowest BCUT2D eigenvalue weighted by atomic mass is 10.2. The van der Waals surface area contributed by atoms with Crippen LogP contribution in [0.1, 0.15) is 16.2 Å². The van der Waals surface area contributed by atoms with Gasteiger partial charge in [0.25, 0.3) is 5.91 Å². The van der Waals surface area contributed by atoms with Gasteiger partial charge in [0.15, 0.2) is 5.43 Å². The second-order valence-corrected chi connectivity index (χ2v) is 4.70. The van der Waals surface area contributed by atoms with Crippen LogP contribution in [0.3, 0.4) is 0 Å². The highest BCUT2D eigenvalue weighted by atomic mass is 16.3. The van der Waals surface area contributed by atoms with Gasteiger partial charge in [-0.05, 0) is 24.3 Å².